The van der Waals surface area contributed by atoms with Gasteiger partial charge in [0.05, 0.1) is 5.60 Å². The van der Waals surface area contributed by atoms with Crippen LogP contribution in [0, 0.1) is 5.92 Å². The molecule has 2 rings (SSSR count). The van der Waals surface area contributed by atoms with Crippen LogP contribution in [0.2, 0.25) is 0 Å². The molecule has 2 atom stereocenters. The van der Waals surface area contributed by atoms with E-state index in [-0.39, 0.29) is 11.5 Å². The van der Waals surface area contributed by atoms with Gasteiger partial charge in [0.1, 0.15) is 5.60 Å². The molecule has 1 N–H and O–H groups in total. The van der Waals surface area contributed by atoms with Gasteiger partial charge in [-0.3, -0.25) is 0 Å². The molecule has 92 valence electrons. The first-order valence-electron chi connectivity index (χ1n) is 5.98. The molecule has 0 aromatic carbocycles. The molecular formula is C12H20O4. The van der Waals surface area contributed by atoms with Crippen LogP contribution >= 0.6 is 0 Å². The third-order valence-corrected chi connectivity index (χ3v) is 3.96. The average Bonchev–Trinajstić information content (AvgIpc) is 2.30. The third-order valence-electron chi connectivity index (χ3n) is 3.96. The van der Waals surface area contributed by atoms with Crippen molar-refractivity contribution in [1.82, 2.24) is 0 Å². The summed E-state index contributed by atoms with van der Waals surface area (Å²) in [6, 6.07) is 0. The Kier molecular flexibility index (Phi) is 3.33. The number of ether oxygens (including phenoxy) is 2. The summed E-state index contributed by atoms with van der Waals surface area (Å²) in [5, 5.41) is 10.0. The van der Waals surface area contributed by atoms with Gasteiger partial charge in [0.15, 0.2) is 6.29 Å². The van der Waals surface area contributed by atoms with Crippen molar-refractivity contribution in [1.29, 1.82) is 0 Å². The summed E-state index contributed by atoms with van der Waals surface area (Å²) >= 11 is 0. The fourth-order valence-electron chi connectivity index (χ4n) is 2.71. The highest BCUT2D eigenvalue weighted by Crippen LogP contribution is 2.40. The summed E-state index contributed by atoms with van der Waals surface area (Å²) < 4.78 is 11.2. The first kappa shape index (κ1) is 12.0. The number of hydrogen-bond acceptors (Lipinski definition) is 4. The predicted molar refractivity (Wildman–Crippen MR) is 58.1 cm³/mol. The maximum atomic E-state index is 10.9. The highest BCUT2D eigenvalue weighted by Gasteiger charge is 2.44. The number of carbonyl (C=O) groups excluding carboxylic acids is 1. The first-order valence-corrected chi connectivity index (χ1v) is 5.98. The summed E-state index contributed by atoms with van der Waals surface area (Å²) in [4.78, 5) is 10.9. The molecule has 0 aromatic rings. The van der Waals surface area contributed by atoms with Gasteiger partial charge in [-0.05, 0) is 38.5 Å². The highest BCUT2D eigenvalue weighted by atomic mass is 16.5. The van der Waals surface area contributed by atoms with Crippen molar-refractivity contribution in [3.05, 3.63) is 0 Å². The molecule has 0 bridgehead atoms. The Labute approximate surface area is 95.9 Å². The van der Waals surface area contributed by atoms with Gasteiger partial charge in [0, 0.05) is 19.8 Å². The van der Waals surface area contributed by atoms with Crippen molar-refractivity contribution < 1.29 is 19.4 Å². The molecule has 0 amide bonds. The molecule has 0 aliphatic carbocycles. The molecule has 2 unspecified atom stereocenters. The Hall–Kier alpha value is -0.450. The van der Waals surface area contributed by atoms with Crippen LogP contribution in [0.1, 0.15) is 32.6 Å². The second-order valence-corrected chi connectivity index (χ2v) is 5.18. The average molecular weight is 228 g/mol. The van der Waals surface area contributed by atoms with Crippen LogP contribution < -0.4 is 0 Å². The standard InChI is InChI=1S/C12H20O4/c1-11(14,9-13)10-2-5-16-12(8-10)3-6-15-7-4-12/h9-10,14H,2-8H2,1H3. The Balaban J connectivity index is 2.06. The Morgan fingerprint density at radius 1 is 1.38 bits per heavy atom. The van der Waals surface area contributed by atoms with E-state index in [4.69, 9.17) is 9.47 Å². The van der Waals surface area contributed by atoms with E-state index in [0.29, 0.717) is 12.9 Å². The van der Waals surface area contributed by atoms with Crippen molar-refractivity contribution in [2.75, 3.05) is 19.8 Å². The monoisotopic (exact) mass is 228 g/mol. The van der Waals surface area contributed by atoms with Crippen molar-refractivity contribution in [2.45, 2.75) is 43.8 Å². The molecule has 0 radical (unpaired) electrons. The second kappa shape index (κ2) is 4.43. The van der Waals surface area contributed by atoms with Crippen LogP contribution in [0.4, 0.5) is 0 Å². The van der Waals surface area contributed by atoms with Crippen molar-refractivity contribution in [3.63, 3.8) is 0 Å². The smallest absolute Gasteiger partial charge is 0.151 e. The molecule has 4 nitrogen and oxygen atoms in total. The lowest BCUT2D eigenvalue weighted by atomic mass is 9.74. The fraction of sp³-hybridized carbons (Fsp3) is 0.917. The van der Waals surface area contributed by atoms with Gasteiger partial charge in [-0.2, -0.15) is 0 Å². The van der Waals surface area contributed by atoms with E-state index < -0.39 is 5.60 Å². The molecular weight excluding hydrogens is 208 g/mol. The van der Waals surface area contributed by atoms with Crippen LogP contribution in [-0.4, -0.2) is 42.4 Å². The topological polar surface area (TPSA) is 55.8 Å². The zero-order valence-corrected chi connectivity index (χ0v) is 9.78. The third kappa shape index (κ3) is 2.29. The summed E-state index contributed by atoms with van der Waals surface area (Å²) in [6.07, 6.45) is 3.93. The quantitative estimate of drug-likeness (QED) is 0.714. The van der Waals surface area contributed by atoms with Crippen LogP contribution in [0.3, 0.4) is 0 Å². The van der Waals surface area contributed by atoms with Crippen LogP contribution in [-0.2, 0) is 14.3 Å². The van der Waals surface area contributed by atoms with Crippen LogP contribution in [0.5, 0.6) is 0 Å². The van der Waals surface area contributed by atoms with Gasteiger partial charge in [-0.1, -0.05) is 0 Å². The maximum Gasteiger partial charge on any atom is 0.151 e. The molecule has 2 saturated heterocycles. The SMILES string of the molecule is CC(O)(C=O)C1CCOC2(CCOCC2)C1. The molecule has 16 heavy (non-hydrogen) atoms. The zero-order chi connectivity index (χ0) is 11.6. The number of aldehydes is 1. The lowest BCUT2D eigenvalue weighted by molar-refractivity contribution is -0.172. The minimum absolute atomic E-state index is 0.0110. The fourth-order valence-corrected chi connectivity index (χ4v) is 2.71. The second-order valence-electron chi connectivity index (χ2n) is 5.18. The lowest BCUT2D eigenvalue weighted by Crippen LogP contribution is -2.50. The van der Waals surface area contributed by atoms with E-state index in [1.165, 1.54) is 0 Å². The lowest BCUT2D eigenvalue weighted by Gasteiger charge is -2.45. The molecule has 2 heterocycles. The number of rotatable bonds is 2. The van der Waals surface area contributed by atoms with Crippen molar-refractivity contribution >= 4 is 6.29 Å². The number of carbonyl (C=O) groups is 1. The number of aliphatic hydroxyl groups is 1. The summed E-state index contributed by atoms with van der Waals surface area (Å²) in [5.41, 5.74) is -1.37. The van der Waals surface area contributed by atoms with Gasteiger partial charge < -0.3 is 19.4 Å². The van der Waals surface area contributed by atoms with Gasteiger partial charge in [-0.25, -0.2) is 0 Å². The molecule has 2 fully saturated rings. The summed E-state index contributed by atoms with van der Waals surface area (Å²) in [6.45, 7) is 3.67. The maximum absolute atomic E-state index is 10.9. The van der Waals surface area contributed by atoms with E-state index in [1.807, 2.05) is 0 Å². The van der Waals surface area contributed by atoms with Crippen molar-refractivity contribution in [2.24, 2.45) is 5.92 Å². The Morgan fingerprint density at radius 2 is 2.06 bits per heavy atom. The molecule has 2 aliphatic rings. The van der Waals surface area contributed by atoms with Crippen molar-refractivity contribution in [3.8, 4) is 0 Å². The first-order chi connectivity index (χ1) is 7.58. The van der Waals surface area contributed by atoms with Gasteiger partial charge in [0.2, 0.25) is 0 Å². The van der Waals surface area contributed by atoms with Gasteiger partial charge in [-0.15, -0.1) is 0 Å². The van der Waals surface area contributed by atoms with Crippen LogP contribution in [0.15, 0.2) is 0 Å². The molecule has 2 aliphatic heterocycles. The zero-order valence-electron chi connectivity index (χ0n) is 9.78. The summed E-state index contributed by atoms with van der Waals surface area (Å²) in [5.74, 6) is 0.0110. The highest BCUT2D eigenvalue weighted by molar-refractivity contribution is 5.61. The van der Waals surface area contributed by atoms with E-state index in [0.717, 1.165) is 38.9 Å². The predicted octanol–water partition coefficient (Wildman–Crippen LogP) is 0.912. The minimum Gasteiger partial charge on any atom is -0.382 e. The van der Waals surface area contributed by atoms with E-state index in [9.17, 15) is 9.90 Å². The molecule has 4 heteroatoms. The molecule has 0 saturated carbocycles. The van der Waals surface area contributed by atoms with E-state index in [1.54, 1.807) is 6.92 Å². The van der Waals surface area contributed by atoms with E-state index >= 15 is 0 Å². The normalized spacial score (nSPS) is 33.2. The van der Waals surface area contributed by atoms with Crippen LogP contribution in [0.25, 0.3) is 0 Å². The molecule has 1 spiro atoms. The largest absolute Gasteiger partial charge is 0.382 e. The summed E-state index contributed by atoms with van der Waals surface area (Å²) in [7, 11) is 0. The Bertz CT molecular complexity index is 250. The minimum atomic E-state index is -1.21. The van der Waals surface area contributed by atoms with E-state index in [2.05, 4.69) is 0 Å². The Morgan fingerprint density at radius 3 is 2.69 bits per heavy atom. The number of hydrogen-bond donors (Lipinski definition) is 1. The van der Waals surface area contributed by atoms with Gasteiger partial charge in [0.25, 0.3) is 0 Å². The van der Waals surface area contributed by atoms with Gasteiger partial charge >= 0.3 is 0 Å². The molecule has 0 aromatic heterocycles.